The number of hydrogen-bond acceptors (Lipinski definition) is 4. The van der Waals surface area contributed by atoms with E-state index in [1.165, 1.54) is 4.90 Å². The first-order valence-electron chi connectivity index (χ1n) is 9.77. The molecule has 0 aliphatic carbocycles. The van der Waals surface area contributed by atoms with Gasteiger partial charge in [0.15, 0.2) is 5.13 Å². The van der Waals surface area contributed by atoms with Gasteiger partial charge in [-0.1, -0.05) is 75.8 Å². The predicted octanol–water partition coefficient (Wildman–Crippen LogP) is 7.16. The van der Waals surface area contributed by atoms with Crippen molar-refractivity contribution < 1.29 is 4.79 Å². The van der Waals surface area contributed by atoms with Crippen molar-refractivity contribution in [2.24, 2.45) is 0 Å². The molecular formula is C24H21BrN2OS2. The van der Waals surface area contributed by atoms with Gasteiger partial charge in [0.25, 0.3) is 0 Å². The van der Waals surface area contributed by atoms with Crippen molar-refractivity contribution in [1.29, 1.82) is 0 Å². The Morgan fingerprint density at radius 1 is 1.00 bits per heavy atom. The third-order valence-electron chi connectivity index (χ3n) is 4.60. The van der Waals surface area contributed by atoms with Gasteiger partial charge in [-0.25, -0.2) is 4.98 Å². The highest BCUT2D eigenvalue weighted by atomic mass is 79.9. The maximum atomic E-state index is 13.2. The van der Waals surface area contributed by atoms with Crippen LogP contribution in [0.4, 0.5) is 5.13 Å². The molecule has 152 valence electrons. The van der Waals surface area contributed by atoms with Gasteiger partial charge in [0.05, 0.1) is 16.8 Å². The van der Waals surface area contributed by atoms with E-state index >= 15 is 0 Å². The quantitative estimate of drug-likeness (QED) is 0.191. The van der Waals surface area contributed by atoms with Gasteiger partial charge in [0, 0.05) is 15.8 Å². The number of nitrogens with zero attached hydrogens (tertiary/aromatic N) is 2. The molecular weight excluding hydrogens is 476 g/mol. The number of rotatable bonds is 8. The molecule has 0 aliphatic heterocycles. The number of anilines is 1. The molecule has 0 radical (unpaired) electrons. The monoisotopic (exact) mass is 496 g/mol. The van der Waals surface area contributed by atoms with Crippen LogP contribution in [0.2, 0.25) is 0 Å². The maximum Gasteiger partial charge on any atom is 0.229 e. The van der Waals surface area contributed by atoms with Gasteiger partial charge in [-0.15, -0.1) is 11.8 Å². The molecule has 0 atom stereocenters. The zero-order chi connectivity index (χ0) is 20.8. The van der Waals surface area contributed by atoms with E-state index in [1.807, 2.05) is 53.4 Å². The Morgan fingerprint density at radius 2 is 1.73 bits per heavy atom. The summed E-state index contributed by atoms with van der Waals surface area (Å²) in [5.41, 5.74) is 2.02. The van der Waals surface area contributed by atoms with Crippen molar-refractivity contribution in [2.45, 2.75) is 24.3 Å². The molecule has 0 aliphatic rings. The minimum atomic E-state index is 0.116. The second-order valence-corrected chi connectivity index (χ2v) is 9.93. The summed E-state index contributed by atoms with van der Waals surface area (Å²) in [7, 11) is 0. The lowest BCUT2D eigenvalue weighted by Gasteiger charge is -2.20. The fourth-order valence-electron chi connectivity index (χ4n) is 3.10. The Labute approximate surface area is 193 Å². The Balaban J connectivity index is 1.48. The first kappa shape index (κ1) is 21.1. The normalized spacial score (nSPS) is 11.0. The fraction of sp³-hybridized carbons (Fsp3) is 0.167. The van der Waals surface area contributed by atoms with Crippen LogP contribution in [0.3, 0.4) is 0 Å². The van der Waals surface area contributed by atoms with Crippen molar-refractivity contribution in [2.75, 3.05) is 10.7 Å². The highest BCUT2D eigenvalue weighted by Crippen LogP contribution is 2.32. The fourth-order valence-corrected chi connectivity index (χ4v) is 5.50. The lowest BCUT2D eigenvalue weighted by atomic mass is 10.2. The van der Waals surface area contributed by atoms with E-state index in [0.29, 0.717) is 13.0 Å². The summed E-state index contributed by atoms with van der Waals surface area (Å²) < 4.78 is 2.09. The zero-order valence-corrected chi connectivity index (χ0v) is 19.6. The third-order valence-corrected chi connectivity index (χ3v) is 7.23. The summed E-state index contributed by atoms with van der Waals surface area (Å²) in [6.07, 6.45) is 1.34. The molecule has 3 nitrogen and oxygen atoms in total. The second-order valence-electron chi connectivity index (χ2n) is 6.84. The summed E-state index contributed by atoms with van der Waals surface area (Å²) in [6, 6.07) is 26.4. The minimum Gasteiger partial charge on any atom is -0.284 e. The lowest BCUT2D eigenvalue weighted by Crippen LogP contribution is -2.30. The molecule has 3 aromatic carbocycles. The Bertz CT molecular complexity index is 1120. The SMILES string of the molecule is O=C(CCCSc1ccccc1)N(Cc1ccccc1)c1nc2ccc(Br)cc2s1. The highest BCUT2D eigenvalue weighted by molar-refractivity contribution is 9.10. The molecule has 4 aromatic rings. The topological polar surface area (TPSA) is 33.2 Å². The van der Waals surface area contributed by atoms with Gasteiger partial charge in [-0.05, 0) is 48.1 Å². The largest absolute Gasteiger partial charge is 0.284 e. The van der Waals surface area contributed by atoms with Crippen LogP contribution in [0.5, 0.6) is 0 Å². The predicted molar refractivity (Wildman–Crippen MR) is 131 cm³/mol. The van der Waals surface area contributed by atoms with Gasteiger partial charge in [-0.2, -0.15) is 0 Å². The number of thioether (sulfide) groups is 1. The van der Waals surface area contributed by atoms with E-state index in [-0.39, 0.29) is 5.91 Å². The summed E-state index contributed by atoms with van der Waals surface area (Å²) >= 11 is 6.87. The summed E-state index contributed by atoms with van der Waals surface area (Å²) in [5, 5.41) is 0.757. The van der Waals surface area contributed by atoms with E-state index in [4.69, 9.17) is 4.98 Å². The minimum absolute atomic E-state index is 0.116. The number of halogens is 1. The summed E-state index contributed by atoms with van der Waals surface area (Å²) in [5.74, 6) is 1.03. The van der Waals surface area contributed by atoms with Crippen LogP contribution in [-0.4, -0.2) is 16.6 Å². The number of fused-ring (bicyclic) bond motifs is 1. The number of carbonyl (C=O) groups is 1. The number of carbonyl (C=O) groups excluding carboxylic acids is 1. The second kappa shape index (κ2) is 10.2. The van der Waals surface area contributed by atoms with Gasteiger partial charge in [-0.3, -0.25) is 9.69 Å². The summed E-state index contributed by atoms with van der Waals surface area (Å²) in [6.45, 7) is 0.534. The zero-order valence-electron chi connectivity index (χ0n) is 16.3. The number of amides is 1. The molecule has 0 saturated heterocycles. The molecule has 0 saturated carbocycles. The van der Waals surface area contributed by atoms with Crippen molar-refractivity contribution in [3.63, 3.8) is 0 Å². The van der Waals surface area contributed by atoms with Crippen LogP contribution >= 0.6 is 39.0 Å². The molecule has 30 heavy (non-hydrogen) atoms. The standard InChI is InChI=1S/C24H21BrN2OS2/c25-19-13-14-21-22(16-19)30-24(26-21)27(17-18-8-3-1-4-9-18)23(28)12-7-15-29-20-10-5-2-6-11-20/h1-6,8-11,13-14,16H,7,12,15,17H2. The van der Waals surface area contributed by atoms with Crippen LogP contribution in [-0.2, 0) is 11.3 Å². The van der Waals surface area contributed by atoms with Gasteiger partial charge < -0.3 is 0 Å². The van der Waals surface area contributed by atoms with E-state index in [9.17, 15) is 4.79 Å². The lowest BCUT2D eigenvalue weighted by molar-refractivity contribution is -0.118. The molecule has 0 unspecified atom stereocenters. The van der Waals surface area contributed by atoms with E-state index in [0.717, 1.165) is 37.6 Å². The van der Waals surface area contributed by atoms with Crippen LogP contribution in [0.25, 0.3) is 10.2 Å². The Kier molecular flexibility index (Phi) is 7.20. The molecule has 0 bridgehead atoms. The first-order valence-corrected chi connectivity index (χ1v) is 12.4. The molecule has 1 aromatic heterocycles. The van der Waals surface area contributed by atoms with Gasteiger partial charge in [0.1, 0.15) is 0 Å². The molecule has 0 fully saturated rings. The molecule has 4 rings (SSSR count). The van der Waals surface area contributed by atoms with Crippen LogP contribution in [0.15, 0.2) is 88.2 Å². The number of hydrogen-bond donors (Lipinski definition) is 0. The first-order chi connectivity index (χ1) is 14.7. The Hall–Kier alpha value is -2.15. The third kappa shape index (κ3) is 5.50. The molecule has 1 heterocycles. The molecule has 1 amide bonds. The van der Waals surface area contributed by atoms with Gasteiger partial charge in [0.2, 0.25) is 5.91 Å². The van der Waals surface area contributed by atoms with E-state index in [2.05, 4.69) is 46.3 Å². The van der Waals surface area contributed by atoms with Crippen LogP contribution in [0, 0.1) is 0 Å². The van der Waals surface area contributed by atoms with Crippen molar-refractivity contribution >= 4 is 60.3 Å². The molecule has 0 N–H and O–H groups in total. The van der Waals surface area contributed by atoms with Gasteiger partial charge >= 0.3 is 0 Å². The number of thiazole rings is 1. The highest BCUT2D eigenvalue weighted by Gasteiger charge is 2.20. The Morgan fingerprint density at radius 3 is 2.50 bits per heavy atom. The van der Waals surface area contributed by atoms with Crippen molar-refractivity contribution in [3.8, 4) is 0 Å². The summed E-state index contributed by atoms with van der Waals surface area (Å²) in [4.78, 5) is 21.0. The maximum absolute atomic E-state index is 13.2. The number of aromatic nitrogens is 1. The molecule has 6 heteroatoms. The average molecular weight is 497 g/mol. The van der Waals surface area contributed by atoms with Crippen molar-refractivity contribution in [1.82, 2.24) is 4.98 Å². The smallest absolute Gasteiger partial charge is 0.229 e. The average Bonchev–Trinajstić information content (AvgIpc) is 3.19. The van der Waals surface area contributed by atoms with Crippen LogP contribution < -0.4 is 4.90 Å². The van der Waals surface area contributed by atoms with Crippen LogP contribution in [0.1, 0.15) is 18.4 Å². The van der Waals surface area contributed by atoms with Crippen molar-refractivity contribution in [3.05, 3.63) is 88.9 Å². The molecule has 0 spiro atoms. The number of benzene rings is 3. The van der Waals surface area contributed by atoms with E-state index in [1.54, 1.807) is 23.1 Å². The van der Waals surface area contributed by atoms with E-state index < -0.39 is 0 Å².